The maximum atomic E-state index is 13.5. The summed E-state index contributed by atoms with van der Waals surface area (Å²) in [4.78, 5) is 0.582. The van der Waals surface area contributed by atoms with Gasteiger partial charge in [-0.1, -0.05) is 28.1 Å². The first-order valence-corrected chi connectivity index (χ1v) is 8.15. The lowest BCUT2D eigenvalue weighted by atomic mass is 10.1. The second-order valence-corrected chi connectivity index (χ2v) is 6.56. The summed E-state index contributed by atoms with van der Waals surface area (Å²) in [6.45, 7) is 0. The van der Waals surface area contributed by atoms with E-state index in [1.807, 2.05) is 6.07 Å². The lowest BCUT2D eigenvalue weighted by molar-refractivity contribution is 0.568. The molecule has 0 aromatic heterocycles. The number of benzene rings is 2. The van der Waals surface area contributed by atoms with Gasteiger partial charge < -0.3 is 0 Å². The highest BCUT2D eigenvalue weighted by Crippen LogP contribution is 2.23. The standard InChI is InChI=1S/C15H15BrF2N2S/c16-11-5-10(6-12(17)8-11)7-13(20-19)9-21-15-4-2-1-3-14(15)18/h1-6,8,13,20H,7,9,19H2. The summed E-state index contributed by atoms with van der Waals surface area (Å²) < 4.78 is 27.6. The van der Waals surface area contributed by atoms with Crippen molar-refractivity contribution in [2.24, 2.45) is 5.84 Å². The van der Waals surface area contributed by atoms with Crippen molar-refractivity contribution in [3.63, 3.8) is 0 Å². The summed E-state index contributed by atoms with van der Waals surface area (Å²) >= 11 is 4.65. The van der Waals surface area contributed by atoms with Crippen molar-refractivity contribution >= 4 is 27.7 Å². The van der Waals surface area contributed by atoms with Crippen molar-refractivity contribution in [3.8, 4) is 0 Å². The van der Waals surface area contributed by atoms with Crippen molar-refractivity contribution < 1.29 is 8.78 Å². The van der Waals surface area contributed by atoms with Crippen molar-refractivity contribution in [1.82, 2.24) is 5.43 Å². The molecule has 0 aliphatic carbocycles. The van der Waals surface area contributed by atoms with Crippen molar-refractivity contribution in [1.29, 1.82) is 0 Å². The number of halogens is 3. The first-order valence-electron chi connectivity index (χ1n) is 6.37. The molecule has 2 aromatic carbocycles. The van der Waals surface area contributed by atoms with Crippen LogP contribution < -0.4 is 11.3 Å². The quantitative estimate of drug-likeness (QED) is 0.458. The summed E-state index contributed by atoms with van der Waals surface area (Å²) in [5.74, 6) is 5.59. The molecular formula is C15H15BrF2N2S. The fraction of sp³-hybridized carbons (Fsp3) is 0.200. The van der Waals surface area contributed by atoms with E-state index >= 15 is 0 Å². The Kier molecular flexibility index (Phi) is 6.17. The van der Waals surface area contributed by atoms with Gasteiger partial charge in [-0.15, -0.1) is 11.8 Å². The van der Waals surface area contributed by atoms with Crippen molar-refractivity contribution in [2.45, 2.75) is 17.4 Å². The number of hydrogen-bond acceptors (Lipinski definition) is 3. The minimum Gasteiger partial charge on any atom is -0.271 e. The number of nitrogens with two attached hydrogens (primary N) is 1. The lowest BCUT2D eigenvalue weighted by Gasteiger charge is -2.16. The van der Waals surface area contributed by atoms with Crippen LogP contribution in [0.4, 0.5) is 8.78 Å². The van der Waals surface area contributed by atoms with E-state index in [9.17, 15) is 8.78 Å². The van der Waals surface area contributed by atoms with Gasteiger partial charge in [-0.2, -0.15) is 0 Å². The number of thioether (sulfide) groups is 1. The Hall–Kier alpha value is -0.950. The van der Waals surface area contributed by atoms with Crippen LogP contribution >= 0.6 is 27.7 Å². The zero-order valence-corrected chi connectivity index (χ0v) is 13.6. The third kappa shape index (κ3) is 5.07. The highest BCUT2D eigenvalue weighted by atomic mass is 79.9. The van der Waals surface area contributed by atoms with E-state index in [1.54, 1.807) is 18.2 Å². The van der Waals surface area contributed by atoms with Crippen molar-refractivity contribution in [3.05, 3.63) is 64.1 Å². The van der Waals surface area contributed by atoms with E-state index in [1.165, 1.54) is 30.0 Å². The molecule has 2 aromatic rings. The van der Waals surface area contributed by atoms with Gasteiger partial charge in [0.15, 0.2) is 0 Å². The van der Waals surface area contributed by atoms with Crippen LogP contribution in [-0.4, -0.2) is 11.8 Å². The predicted octanol–water partition coefficient (Wildman–Crippen LogP) is 3.89. The van der Waals surface area contributed by atoms with Gasteiger partial charge >= 0.3 is 0 Å². The molecule has 1 unspecified atom stereocenters. The molecule has 2 nitrogen and oxygen atoms in total. The molecule has 0 saturated heterocycles. The minimum atomic E-state index is -0.295. The molecule has 0 aliphatic heterocycles. The highest BCUT2D eigenvalue weighted by molar-refractivity contribution is 9.10. The van der Waals surface area contributed by atoms with Gasteiger partial charge in [0.2, 0.25) is 0 Å². The highest BCUT2D eigenvalue weighted by Gasteiger charge is 2.11. The predicted molar refractivity (Wildman–Crippen MR) is 86.0 cm³/mol. The van der Waals surface area contributed by atoms with E-state index in [0.29, 0.717) is 21.5 Å². The van der Waals surface area contributed by atoms with E-state index in [4.69, 9.17) is 5.84 Å². The Labute approximate surface area is 135 Å². The Morgan fingerprint density at radius 1 is 1.19 bits per heavy atom. The zero-order chi connectivity index (χ0) is 15.2. The van der Waals surface area contributed by atoms with Gasteiger partial charge in [-0.05, 0) is 42.3 Å². The van der Waals surface area contributed by atoms with Gasteiger partial charge in [0.1, 0.15) is 11.6 Å². The molecule has 6 heteroatoms. The summed E-state index contributed by atoms with van der Waals surface area (Å²) in [6.07, 6.45) is 0.564. The normalized spacial score (nSPS) is 12.4. The zero-order valence-electron chi connectivity index (χ0n) is 11.2. The molecule has 0 fully saturated rings. The molecule has 2 rings (SSSR count). The second kappa shape index (κ2) is 7.89. The largest absolute Gasteiger partial charge is 0.271 e. The summed E-state index contributed by atoms with van der Waals surface area (Å²) in [5, 5.41) is 0. The van der Waals surface area contributed by atoms with Crippen LogP contribution in [0.3, 0.4) is 0 Å². The van der Waals surface area contributed by atoms with Crippen molar-refractivity contribution in [2.75, 3.05) is 5.75 Å². The fourth-order valence-corrected chi connectivity index (χ4v) is 3.42. The van der Waals surface area contributed by atoms with Crippen LogP contribution in [0.1, 0.15) is 5.56 Å². The Balaban J connectivity index is 1.98. The van der Waals surface area contributed by atoms with Gasteiger partial charge in [0, 0.05) is 21.2 Å². The third-order valence-electron chi connectivity index (χ3n) is 2.92. The van der Waals surface area contributed by atoms with E-state index in [-0.39, 0.29) is 17.7 Å². The summed E-state index contributed by atoms with van der Waals surface area (Å²) in [5.41, 5.74) is 3.53. The minimum absolute atomic E-state index is 0.0803. The van der Waals surface area contributed by atoms with Crippen LogP contribution in [0.25, 0.3) is 0 Å². The molecule has 0 bridgehead atoms. The summed E-state index contributed by atoms with van der Waals surface area (Å²) in [6, 6.07) is 11.3. The Bertz CT molecular complexity index is 590. The van der Waals surface area contributed by atoms with E-state index in [0.717, 1.165) is 5.56 Å². The average Bonchev–Trinajstić information content (AvgIpc) is 2.44. The number of rotatable bonds is 6. The van der Waals surface area contributed by atoms with Gasteiger partial charge in [0.25, 0.3) is 0 Å². The first kappa shape index (κ1) is 16.4. The SMILES string of the molecule is NNC(CSc1ccccc1F)Cc1cc(F)cc(Br)c1. The fourth-order valence-electron chi connectivity index (χ4n) is 1.93. The molecule has 0 saturated carbocycles. The topological polar surface area (TPSA) is 38.0 Å². The van der Waals surface area contributed by atoms with Gasteiger partial charge in [-0.3, -0.25) is 11.3 Å². The number of hydrazine groups is 1. The molecular weight excluding hydrogens is 358 g/mol. The van der Waals surface area contributed by atoms with Crippen LogP contribution in [0.15, 0.2) is 51.8 Å². The molecule has 3 N–H and O–H groups in total. The Morgan fingerprint density at radius 3 is 2.62 bits per heavy atom. The van der Waals surface area contributed by atoms with Gasteiger partial charge in [-0.25, -0.2) is 8.78 Å². The van der Waals surface area contributed by atoms with Crippen LogP contribution in [0.5, 0.6) is 0 Å². The van der Waals surface area contributed by atoms with E-state index in [2.05, 4.69) is 21.4 Å². The maximum Gasteiger partial charge on any atom is 0.136 e. The summed E-state index contributed by atoms with van der Waals surface area (Å²) in [7, 11) is 0. The lowest BCUT2D eigenvalue weighted by Crippen LogP contribution is -2.38. The molecule has 0 aliphatic rings. The molecule has 112 valence electrons. The third-order valence-corrected chi connectivity index (χ3v) is 4.59. The second-order valence-electron chi connectivity index (χ2n) is 4.59. The first-order chi connectivity index (χ1) is 10.1. The molecule has 1 atom stereocenters. The molecule has 21 heavy (non-hydrogen) atoms. The average molecular weight is 373 g/mol. The van der Waals surface area contributed by atoms with Gasteiger partial charge in [0.05, 0.1) is 0 Å². The molecule has 0 amide bonds. The smallest absolute Gasteiger partial charge is 0.136 e. The number of nitrogens with one attached hydrogen (secondary N) is 1. The maximum absolute atomic E-state index is 13.5. The molecule has 0 radical (unpaired) electrons. The van der Waals surface area contributed by atoms with E-state index < -0.39 is 0 Å². The Morgan fingerprint density at radius 2 is 1.95 bits per heavy atom. The van der Waals surface area contributed by atoms with Crippen LogP contribution in [0, 0.1) is 11.6 Å². The van der Waals surface area contributed by atoms with Crippen LogP contribution in [-0.2, 0) is 6.42 Å². The van der Waals surface area contributed by atoms with Crippen LogP contribution in [0.2, 0.25) is 0 Å². The monoisotopic (exact) mass is 372 g/mol. The molecule has 0 heterocycles. The molecule has 0 spiro atoms. The number of hydrogen-bond donors (Lipinski definition) is 2.